The summed E-state index contributed by atoms with van der Waals surface area (Å²) in [7, 11) is 1.66. The van der Waals surface area contributed by atoms with Crippen LogP contribution in [-0.4, -0.2) is 67.2 Å². The van der Waals surface area contributed by atoms with Crippen LogP contribution in [0.1, 0.15) is 32.8 Å². The lowest BCUT2D eigenvalue weighted by atomic mass is 10.2. The average Bonchev–Trinajstić information content (AvgIpc) is 2.61. The second kappa shape index (κ2) is 9.60. The van der Waals surface area contributed by atoms with Crippen molar-refractivity contribution in [2.24, 2.45) is 0 Å². The minimum atomic E-state index is -0.533. The molecule has 0 aromatic heterocycles. The first-order chi connectivity index (χ1) is 12.8. The van der Waals surface area contributed by atoms with E-state index in [2.05, 4.69) is 22.3 Å². The molecule has 1 N–H and O–H groups in total. The number of piperazine rings is 1. The van der Waals surface area contributed by atoms with Gasteiger partial charge < -0.3 is 19.7 Å². The smallest absolute Gasteiger partial charge is 0.407 e. The largest absolute Gasteiger partial charge is 0.497 e. The number of carbonyl (C=O) groups is 2. The van der Waals surface area contributed by atoms with Gasteiger partial charge in [-0.25, -0.2) is 4.79 Å². The van der Waals surface area contributed by atoms with Crippen molar-refractivity contribution in [1.82, 2.24) is 15.1 Å². The molecule has 0 radical (unpaired) electrons. The lowest BCUT2D eigenvalue weighted by Gasteiger charge is -2.34. The minimum absolute atomic E-state index is 0.0650. The summed E-state index contributed by atoms with van der Waals surface area (Å²) in [5.74, 6) is 0.921. The lowest BCUT2D eigenvalue weighted by molar-refractivity contribution is -0.132. The summed E-state index contributed by atoms with van der Waals surface area (Å²) in [4.78, 5) is 28.1. The molecule has 150 valence electrons. The molecule has 0 saturated carbocycles. The van der Waals surface area contributed by atoms with Crippen LogP contribution >= 0.6 is 0 Å². The summed E-state index contributed by atoms with van der Waals surface area (Å²) in [6, 6.07) is 8.07. The molecular formula is C20H31N3O4. The summed E-state index contributed by atoms with van der Waals surface area (Å²) in [6.45, 7) is 9.69. The first-order valence-electron chi connectivity index (χ1n) is 9.37. The highest BCUT2D eigenvalue weighted by atomic mass is 16.6. The van der Waals surface area contributed by atoms with E-state index in [9.17, 15) is 9.59 Å². The molecular weight excluding hydrogens is 346 g/mol. The second-order valence-electron chi connectivity index (χ2n) is 7.68. The van der Waals surface area contributed by atoms with Gasteiger partial charge in [0.05, 0.1) is 7.11 Å². The van der Waals surface area contributed by atoms with Crippen LogP contribution in [0.15, 0.2) is 24.3 Å². The van der Waals surface area contributed by atoms with E-state index in [0.29, 0.717) is 19.6 Å². The Bertz CT molecular complexity index is 617. The summed E-state index contributed by atoms with van der Waals surface area (Å²) in [6.07, 6.45) is -0.197. The van der Waals surface area contributed by atoms with Crippen molar-refractivity contribution in [3.05, 3.63) is 29.8 Å². The van der Waals surface area contributed by atoms with E-state index in [-0.39, 0.29) is 12.3 Å². The van der Waals surface area contributed by atoms with Gasteiger partial charge in [-0.05, 0) is 38.5 Å². The average molecular weight is 377 g/mol. The summed E-state index contributed by atoms with van der Waals surface area (Å²) >= 11 is 0. The van der Waals surface area contributed by atoms with Gasteiger partial charge in [0.25, 0.3) is 0 Å². The molecule has 0 unspecified atom stereocenters. The molecule has 0 spiro atoms. The van der Waals surface area contributed by atoms with E-state index in [0.717, 1.165) is 25.4 Å². The summed E-state index contributed by atoms with van der Waals surface area (Å²) in [5, 5.41) is 2.63. The summed E-state index contributed by atoms with van der Waals surface area (Å²) in [5.41, 5.74) is 0.700. The predicted molar refractivity (Wildman–Crippen MR) is 104 cm³/mol. The van der Waals surface area contributed by atoms with E-state index >= 15 is 0 Å². The maximum Gasteiger partial charge on any atom is 0.407 e. The molecule has 0 aliphatic carbocycles. The number of nitrogens with one attached hydrogen (secondary N) is 1. The van der Waals surface area contributed by atoms with Gasteiger partial charge in [0, 0.05) is 45.7 Å². The number of carbonyl (C=O) groups excluding carboxylic acids is 2. The predicted octanol–water partition coefficient (Wildman–Crippen LogP) is 2.25. The third-order valence-electron chi connectivity index (χ3n) is 4.30. The molecule has 7 nitrogen and oxygen atoms in total. The minimum Gasteiger partial charge on any atom is -0.497 e. The normalized spacial score (nSPS) is 15.3. The molecule has 1 heterocycles. The Morgan fingerprint density at radius 3 is 2.26 bits per heavy atom. The number of rotatable bonds is 6. The van der Waals surface area contributed by atoms with E-state index < -0.39 is 11.7 Å². The van der Waals surface area contributed by atoms with Gasteiger partial charge in [-0.3, -0.25) is 9.69 Å². The number of nitrogens with zero attached hydrogens (tertiary/aromatic N) is 2. The maximum atomic E-state index is 12.3. The van der Waals surface area contributed by atoms with Crippen molar-refractivity contribution < 1.29 is 19.1 Å². The lowest BCUT2D eigenvalue weighted by Crippen LogP contribution is -2.48. The van der Waals surface area contributed by atoms with Crippen LogP contribution in [0.3, 0.4) is 0 Å². The SMILES string of the molecule is COc1ccc(CN2CCN(C(=O)CCNC(=O)OC(C)(C)C)CC2)cc1. The third kappa shape index (κ3) is 7.46. The molecule has 0 atom stereocenters. The Hall–Kier alpha value is -2.28. The number of amides is 2. The molecule has 1 aliphatic heterocycles. The Kier molecular flexibility index (Phi) is 7.47. The highest BCUT2D eigenvalue weighted by Crippen LogP contribution is 2.14. The van der Waals surface area contributed by atoms with Crippen molar-refractivity contribution in [1.29, 1.82) is 0 Å². The zero-order valence-electron chi connectivity index (χ0n) is 16.8. The first-order valence-corrected chi connectivity index (χ1v) is 9.37. The Labute approximate surface area is 161 Å². The third-order valence-corrected chi connectivity index (χ3v) is 4.30. The Balaban J connectivity index is 1.67. The molecule has 2 rings (SSSR count). The molecule has 1 saturated heterocycles. The van der Waals surface area contributed by atoms with Gasteiger partial charge in [0.15, 0.2) is 0 Å². The maximum absolute atomic E-state index is 12.3. The standard InChI is InChI=1S/C20H31N3O4/c1-20(2,3)27-19(25)21-10-9-18(24)23-13-11-22(12-14-23)15-16-5-7-17(26-4)8-6-16/h5-8H,9-15H2,1-4H3,(H,21,25). The fraction of sp³-hybridized carbons (Fsp3) is 0.600. The van der Waals surface area contributed by atoms with Crippen LogP contribution in [0.2, 0.25) is 0 Å². The number of alkyl carbamates (subject to hydrolysis) is 1. The van der Waals surface area contributed by atoms with Crippen molar-refractivity contribution in [2.45, 2.75) is 39.3 Å². The number of ether oxygens (including phenoxy) is 2. The van der Waals surface area contributed by atoms with E-state index in [1.165, 1.54) is 5.56 Å². The number of hydrogen-bond donors (Lipinski definition) is 1. The number of hydrogen-bond acceptors (Lipinski definition) is 5. The van der Waals surface area contributed by atoms with Crippen LogP contribution in [0, 0.1) is 0 Å². The van der Waals surface area contributed by atoms with Gasteiger partial charge in [0.2, 0.25) is 5.91 Å². The van der Waals surface area contributed by atoms with Crippen molar-refractivity contribution in [3.8, 4) is 5.75 Å². The van der Waals surface area contributed by atoms with Crippen molar-refractivity contribution in [3.63, 3.8) is 0 Å². The molecule has 1 aromatic carbocycles. The van der Waals surface area contributed by atoms with E-state index in [1.54, 1.807) is 7.11 Å². The molecule has 1 fully saturated rings. The van der Waals surface area contributed by atoms with Crippen molar-refractivity contribution >= 4 is 12.0 Å². The zero-order chi connectivity index (χ0) is 19.9. The monoisotopic (exact) mass is 377 g/mol. The molecule has 0 bridgehead atoms. The van der Waals surface area contributed by atoms with Gasteiger partial charge in [0.1, 0.15) is 11.4 Å². The van der Waals surface area contributed by atoms with E-state index in [4.69, 9.17) is 9.47 Å². The van der Waals surface area contributed by atoms with Crippen LogP contribution in [0.25, 0.3) is 0 Å². The molecule has 27 heavy (non-hydrogen) atoms. The van der Waals surface area contributed by atoms with E-state index in [1.807, 2.05) is 37.8 Å². The van der Waals surface area contributed by atoms with Crippen molar-refractivity contribution in [2.75, 3.05) is 39.8 Å². The quantitative estimate of drug-likeness (QED) is 0.823. The van der Waals surface area contributed by atoms with Gasteiger partial charge in [-0.1, -0.05) is 12.1 Å². The van der Waals surface area contributed by atoms with Gasteiger partial charge in [-0.15, -0.1) is 0 Å². The Morgan fingerprint density at radius 1 is 1.07 bits per heavy atom. The van der Waals surface area contributed by atoms with Gasteiger partial charge in [-0.2, -0.15) is 0 Å². The van der Waals surface area contributed by atoms with Crippen LogP contribution < -0.4 is 10.1 Å². The summed E-state index contributed by atoms with van der Waals surface area (Å²) < 4.78 is 10.3. The Morgan fingerprint density at radius 2 is 1.70 bits per heavy atom. The molecule has 1 aliphatic rings. The zero-order valence-corrected chi connectivity index (χ0v) is 16.8. The number of benzene rings is 1. The molecule has 2 amide bonds. The fourth-order valence-electron chi connectivity index (χ4n) is 2.89. The van der Waals surface area contributed by atoms with Crippen LogP contribution in [0.4, 0.5) is 4.79 Å². The molecule has 7 heteroatoms. The first kappa shape index (κ1) is 21.0. The molecule has 1 aromatic rings. The fourth-order valence-corrected chi connectivity index (χ4v) is 2.89. The second-order valence-corrected chi connectivity index (χ2v) is 7.68. The van der Waals surface area contributed by atoms with Gasteiger partial charge >= 0.3 is 6.09 Å². The highest BCUT2D eigenvalue weighted by Gasteiger charge is 2.21. The van der Waals surface area contributed by atoms with Crippen LogP contribution in [0.5, 0.6) is 5.75 Å². The van der Waals surface area contributed by atoms with Crippen LogP contribution in [-0.2, 0) is 16.1 Å². The topological polar surface area (TPSA) is 71.1 Å². The highest BCUT2D eigenvalue weighted by molar-refractivity contribution is 5.77. The number of methoxy groups -OCH3 is 1.